The van der Waals surface area contributed by atoms with Crippen molar-refractivity contribution in [3.63, 3.8) is 0 Å². The highest BCUT2D eigenvalue weighted by Gasteiger charge is 2.12. The third-order valence-corrected chi connectivity index (χ3v) is 4.90. The predicted molar refractivity (Wildman–Crippen MR) is 84.4 cm³/mol. The van der Waals surface area contributed by atoms with E-state index in [4.69, 9.17) is 5.73 Å². The largest absolute Gasteiger partial charge is 0.399 e. The second-order valence-electron chi connectivity index (χ2n) is 4.56. The van der Waals surface area contributed by atoms with E-state index in [9.17, 15) is 12.8 Å². The summed E-state index contributed by atoms with van der Waals surface area (Å²) >= 11 is 3.26. The Morgan fingerprint density at radius 1 is 1.14 bits per heavy atom. The summed E-state index contributed by atoms with van der Waals surface area (Å²) in [7, 11) is -3.51. The molecule has 0 aromatic heterocycles. The average molecular weight is 373 g/mol. The number of hydrogen-bond donors (Lipinski definition) is 2. The summed E-state index contributed by atoms with van der Waals surface area (Å²) in [5.74, 6) is -0.564. The summed E-state index contributed by atoms with van der Waals surface area (Å²) in [6.45, 7) is 0.0235. The lowest BCUT2D eigenvalue weighted by Crippen LogP contribution is -2.25. The van der Waals surface area contributed by atoms with E-state index in [1.54, 1.807) is 30.3 Å². The van der Waals surface area contributed by atoms with Gasteiger partial charge >= 0.3 is 0 Å². The number of hydrogen-bond acceptors (Lipinski definition) is 3. The maximum Gasteiger partial charge on any atom is 0.216 e. The standard InChI is InChI=1S/C14H14BrFN2O2S/c15-14-6-3-12(16)7-11(14)8-18-21(19,20)9-10-1-4-13(17)5-2-10/h1-7,18H,8-9,17H2. The summed E-state index contributed by atoms with van der Waals surface area (Å²) < 4.78 is 40.3. The molecule has 21 heavy (non-hydrogen) atoms. The number of nitrogens with one attached hydrogen (secondary N) is 1. The first-order chi connectivity index (χ1) is 9.85. The smallest absolute Gasteiger partial charge is 0.216 e. The van der Waals surface area contributed by atoms with Gasteiger partial charge in [0.15, 0.2) is 0 Å². The number of halogens is 2. The summed E-state index contributed by atoms with van der Waals surface area (Å²) in [6.07, 6.45) is 0. The predicted octanol–water partition coefficient (Wildman–Crippen LogP) is 2.79. The van der Waals surface area contributed by atoms with Gasteiger partial charge in [0.05, 0.1) is 5.75 Å². The molecule has 0 heterocycles. The Balaban J connectivity index is 2.04. The lowest BCUT2D eigenvalue weighted by atomic mass is 10.2. The number of rotatable bonds is 5. The minimum Gasteiger partial charge on any atom is -0.399 e. The van der Waals surface area contributed by atoms with Crippen molar-refractivity contribution in [3.8, 4) is 0 Å². The fourth-order valence-electron chi connectivity index (χ4n) is 1.75. The van der Waals surface area contributed by atoms with Crippen molar-refractivity contribution < 1.29 is 12.8 Å². The van der Waals surface area contributed by atoms with Crippen LogP contribution in [0.1, 0.15) is 11.1 Å². The fourth-order valence-corrected chi connectivity index (χ4v) is 3.25. The van der Waals surface area contributed by atoms with Crippen molar-refractivity contribution in [2.75, 3.05) is 5.73 Å². The summed E-state index contributed by atoms with van der Waals surface area (Å²) in [6, 6.07) is 10.7. The van der Waals surface area contributed by atoms with Crippen molar-refractivity contribution in [2.45, 2.75) is 12.3 Å². The molecule has 2 aromatic carbocycles. The summed E-state index contributed by atoms with van der Waals surface area (Å²) in [5.41, 5.74) is 7.30. The molecule has 0 aliphatic heterocycles. The second kappa shape index (κ2) is 6.55. The van der Waals surface area contributed by atoms with Crippen LogP contribution < -0.4 is 10.5 Å². The Morgan fingerprint density at radius 3 is 2.48 bits per heavy atom. The Hall–Kier alpha value is -1.44. The van der Waals surface area contributed by atoms with Gasteiger partial charge in [-0.3, -0.25) is 0 Å². The molecule has 0 aliphatic rings. The van der Waals surface area contributed by atoms with E-state index >= 15 is 0 Å². The first-order valence-electron chi connectivity index (χ1n) is 6.11. The van der Waals surface area contributed by atoms with Crippen LogP contribution in [0.2, 0.25) is 0 Å². The van der Waals surface area contributed by atoms with Gasteiger partial charge in [0, 0.05) is 16.7 Å². The number of nitrogen functional groups attached to an aromatic ring is 1. The number of nitrogens with two attached hydrogens (primary N) is 1. The van der Waals surface area contributed by atoms with E-state index < -0.39 is 15.8 Å². The Bertz CT molecular complexity index is 733. The Labute approximate surface area is 131 Å². The van der Waals surface area contributed by atoms with Gasteiger partial charge in [-0.25, -0.2) is 17.5 Å². The topological polar surface area (TPSA) is 72.2 Å². The molecule has 3 N–H and O–H groups in total. The lowest BCUT2D eigenvalue weighted by Gasteiger charge is -2.09. The molecule has 0 unspecified atom stereocenters. The maximum absolute atomic E-state index is 13.1. The molecule has 0 atom stereocenters. The summed E-state index contributed by atoms with van der Waals surface area (Å²) in [4.78, 5) is 0. The minimum atomic E-state index is -3.51. The Morgan fingerprint density at radius 2 is 1.81 bits per heavy atom. The van der Waals surface area contributed by atoms with Gasteiger partial charge in [0.2, 0.25) is 10.0 Å². The van der Waals surface area contributed by atoms with Crippen LogP contribution in [0.3, 0.4) is 0 Å². The van der Waals surface area contributed by atoms with E-state index in [2.05, 4.69) is 20.7 Å². The van der Waals surface area contributed by atoms with E-state index in [1.165, 1.54) is 12.1 Å². The molecule has 0 bridgehead atoms. The van der Waals surface area contributed by atoms with Gasteiger partial charge < -0.3 is 5.73 Å². The molecule has 4 nitrogen and oxygen atoms in total. The SMILES string of the molecule is Nc1ccc(CS(=O)(=O)NCc2cc(F)ccc2Br)cc1. The third-order valence-electron chi connectivity index (χ3n) is 2.83. The van der Waals surface area contributed by atoms with Crippen LogP contribution in [-0.4, -0.2) is 8.42 Å². The van der Waals surface area contributed by atoms with Crippen molar-refractivity contribution in [2.24, 2.45) is 0 Å². The molecular weight excluding hydrogens is 359 g/mol. The molecule has 0 saturated heterocycles. The van der Waals surface area contributed by atoms with Crippen LogP contribution in [0.15, 0.2) is 46.9 Å². The van der Waals surface area contributed by atoms with E-state index in [0.717, 1.165) is 0 Å². The number of benzene rings is 2. The number of anilines is 1. The minimum absolute atomic E-state index is 0.0235. The lowest BCUT2D eigenvalue weighted by molar-refractivity contribution is 0.579. The molecule has 0 amide bonds. The summed E-state index contributed by atoms with van der Waals surface area (Å²) in [5, 5.41) is 0. The molecule has 0 saturated carbocycles. The molecule has 0 radical (unpaired) electrons. The number of sulfonamides is 1. The van der Waals surface area contributed by atoms with Crippen LogP contribution in [0.4, 0.5) is 10.1 Å². The molecule has 7 heteroatoms. The van der Waals surface area contributed by atoms with Crippen LogP contribution >= 0.6 is 15.9 Å². The zero-order chi connectivity index (χ0) is 15.5. The molecular formula is C14H14BrFN2O2S. The second-order valence-corrected chi connectivity index (χ2v) is 7.22. The van der Waals surface area contributed by atoms with Crippen molar-refractivity contribution in [1.82, 2.24) is 4.72 Å². The van der Waals surface area contributed by atoms with Gasteiger partial charge in [-0.1, -0.05) is 28.1 Å². The van der Waals surface area contributed by atoms with Gasteiger partial charge in [0.25, 0.3) is 0 Å². The highest BCUT2D eigenvalue weighted by Crippen LogP contribution is 2.18. The normalized spacial score (nSPS) is 11.5. The van der Waals surface area contributed by atoms with Crippen molar-refractivity contribution in [3.05, 3.63) is 63.9 Å². The quantitative estimate of drug-likeness (QED) is 0.792. The fraction of sp³-hybridized carbons (Fsp3) is 0.143. The zero-order valence-electron chi connectivity index (χ0n) is 11.0. The van der Waals surface area contributed by atoms with Gasteiger partial charge in [-0.05, 0) is 41.5 Å². The van der Waals surface area contributed by atoms with Gasteiger partial charge in [-0.15, -0.1) is 0 Å². The highest BCUT2D eigenvalue weighted by molar-refractivity contribution is 9.10. The first-order valence-corrected chi connectivity index (χ1v) is 8.56. The zero-order valence-corrected chi connectivity index (χ0v) is 13.4. The van der Waals surface area contributed by atoms with Crippen LogP contribution in [0.25, 0.3) is 0 Å². The maximum atomic E-state index is 13.1. The van der Waals surface area contributed by atoms with E-state index in [-0.39, 0.29) is 12.3 Å². The Kier molecular flexibility index (Phi) is 4.97. The third kappa shape index (κ3) is 4.80. The van der Waals surface area contributed by atoms with Crippen LogP contribution in [-0.2, 0) is 22.3 Å². The van der Waals surface area contributed by atoms with Crippen LogP contribution in [0, 0.1) is 5.82 Å². The highest BCUT2D eigenvalue weighted by atomic mass is 79.9. The first kappa shape index (κ1) is 15.9. The average Bonchev–Trinajstić information content (AvgIpc) is 2.42. The monoisotopic (exact) mass is 372 g/mol. The van der Waals surface area contributed by atoms with Gasteiger partial charge in [-0.2, -0.15) is 0 Å². The van der Waals surface area contributed by atoms with Gasteiger partial charge in [0.1, 0.15) is 5.82 Å². The van der Waals surface area contributed by atoms with Crippen LogP contribution in [0.5, 0.6) is 0 Å². The molecule has 2 aromatic rings. The van der Waals surface area contributed by atoms with E-state index in [1.807, 2.05) is 0 Å². The van der Waals surface area contributed by atoms with Crippen molar-refractivity contribution >= 4 is 31.6 Å². The molecule has 112 valence electrons. The molecule has 0 spiro atoms. The molecule has 0 aliphatic carbocycles. The van der Waals surface area contributed by atoms with Crippen molar-refractivity contribution in [1.29, 1.82) is 0 Å². The van der Waals surface area contributed by atoms with E-state index in [0.29, 0.717) is 21.3 Å². The molecule has 2 rings (SSSR count). The molecule has 0 fully saturated rings.